The monoisotopic (exact) mass is 266 g/mol. The number of hydrogen-bond acceptors (Lipinski definition) is 2. The molecule has 19 heavy (non-hydrogen) atoms. The normalized spacial score (nSPS) is 31.2. The second kappa shape index (κ2) is 8.04. The highest BCUT2D eigenvalue weighted by molar-refractivity contribution is 5.79. The van der Waals surface area contributed by atoms with Crippen LogP contribution in [-0.2, 0) is 9.53 Å². The Labute approximate surface area is 118 Å². The predicted molar refractivity (Wildman–Crippen MR) is 78.2 cm³/mol. The molecule has 0 radical (unpaired) electrons. The van der Waals surface area contributed by atoms with Gasteiger partial charge in [-0.05, 0) is 43.9 Å². The van der Waals surface area contributed by atoms with Gasteiger partial charge in [0.1, 0.15) is 5.78 Å². The van der Waals surface area contributed by atoms with Crippen LogP contribution in [0.2, 0.25) is 0 Å². The van der Waals surface area contributed by atoms with Crippen LogP contribution in [0.15, 0.2) is 0 Å². The van der Waals surface area contributed by atoms with Crippen molar-refractivity contribution < 1.29 is 9.53 Å². The van der Waals surface area contributed by atoms with E-state index in [2.05, 4.69) is 6.92 Å². The van der Waals surface area contributed by atoms with Gasteiger partial charge in [0, 0.05) is 19.4 Å². The molecule has 0 bridgehead atoms. The summed E-state index contributed by atoms with van der Waals surface area (Å²) in [7, 11) is 0. The van der Waals surface area contributed by atoms with Crippen LogP contribution in [0.4, 0.5) is 0 Å². The first-order valence-corrected chi connectivity index (χ1v) is 8.43. The molecule has 2 rings (SSSR count). The van der Waals surface area contributed by atoms with E-state index in [1.807, 2.05) is 0 Å². The molecule has 3 atom stereocenters. The van der Waals surface area contributed by atoms with E-state index in [-0.39, 0.29) is 0 Å². The SMILES string of the molecule is CCCCCCCOC1CCC2CC(=O)CCC2C1. The quantitative estimate of drug-likeness (QED) is 0.634. The minimum absolute atomic E-state index is 0.487. The Morgan fingerprint density at radius 3 is 2.74 bits per heavy atom. The van der Waals surface area contributed by atoms with E-state index in [1.54, 1.807) is 0 Å². The number of ketones is 1. The fourth-order valence-corrected chi connectivity index (χ4v) is 3.75. The lowest BCUT2D eigenvalue weighted by Gasteiger charge is -2.38. The lowest BCUT2D eigenvalue weighted by atomic mass is 9.70. The number of Topliss-reactive ketones (excluding diaryl/α,β-unsaturated/α-hetero) is 1. The van der Waals surface area contributed by atoms with E-state index in [1.165, 1.54) is 51.4 Å². The molecule has 0 heterocycles. The van der Waals surface area contributed by atoms with Crippen LogP contribution in [0.1, 0.15) is 77.6 Å². The maximum atomic E-state index is 11.5. The summed E-state index contributed by atoms with van der Waals surface area (Å²) in [5.74, 6) is 1.96. The smallest absolute Gasteiger partial charge is 0.133 e. The molecule has 0 saturated heterocycles. The van der Waals surface area contributed by atoms with Crippen molar-refractivity contribution in [2.75, 3.05) is 6.61 Å². The highest BCUT2D eigenvalue weighted by Crippen LogP contribution is 2.40. The van der Waals surface area contributed by atoms with Crippen molar-refractivity contribution >= 4 is 5.78 Å². The van der Waals surface area contributed by atoms with E-state index in [9.17, 15) is 4.79 Å². The average molecular weight is 266 g/mol. The van der Waals surface area contributed by atoms with Gasteiger partial charge in [-0.1, -0.05) is 32.6 Å². The first kappa shape index (κ1) is 15.0. The van der Waals surface area contributed by atoms with Gasteiger partial charge in [-0.2, -0.15) is 0 Å². The molecule has 2 aliphatic carbocycles. The summed E-state index contributed by atoms with van der Waals surface area (Å²) in [6, 6.07) is 0. The fourth-order valence-electron chi connectivity index (χ4n) is 3.75. The van der Waals surface area contributed by atoms with Gasteiger partial charge in [-0.15, -0.1) is 0 Å². The Kier molecular flexibility index (Phi) is 6.36. The molecule has 0 amide bonds. The Morgan fingerprint density at radius 2 is 1.89 bits per heavy atom. The first-order chi connectivity index (χ1) is 9.29. The van der Waals surface area contributed by atoms with Gasteiger partial charge in [0.15, 0.2) is 0 Å². The molecule has 2 nitrogen and oxygen atoms in total. The highest BCUT2D eigenvalue weighted by Gasteiger charge is 2.35. The Balaban J connectivity index is 1.58. The summed E-state index contributed by atoms with van der Waals surface area (Å²) in [6.45, 7) is 3.20. The Morgan fingerprint density at radius 1 is 1.05 bits per heavy atom. The second-order valence-electron chi connectivity index (χ2n) is 6.52. The zero-order valence-electron chi connectivity index (χ0n) is 12.5. The second-order valence-corrected chi connectivity index (χ2v) is 6.52. The van der Waals surface area contributed by atoms with Gasteiger partial charge >= 0.3 is 0 Å². The molecular weight excluding hydrogens is 236 g/mol. The van der Waals surface area contributed by atoms with Crippen LogP contribution < -0.4 is 0 Å². The molecule has 2 aliphatic rings. The molecule has 2 heteroatoms. The van der Waals surface area contributed by atoms with Crippen molar-refractivity contribution in [1.82, 2.24) is 0 Å². The van der Waals surface area contributed by atoms with Crippen LogP contribution in [-0.4, -0.2) is 18.5 Å². The Bertz CT molecular complexity index is 274. The first-order valence-electron chi connectivity index (χ1n) is 8.43. The lowest BCUT2D eigenvalue weighted by Crippen LogP contribution is -2.34. The summed E-state index contributed by atoms with van der Waals surface area (Å²) in [5, 5.41) is 0. The summed E-state index contributed by atoms with van der Waals surface area (Å²) in [4.78, 5) is 11.5. The van der Waals surface area contributed by atoms with E-state index in [0.717, 1.165) is 31.8 Å². The molecule has 0 aromatic heterocycles. The molecule has 2 saturated carbocycles. The zero-order valence-corrected chi connectivity index (χ0v) is 12.5. The number of carbonyl (C=O) groups excluding carboxylic acids is 1. The molecule has 0 N–H and O–H groups in total. The largest absolute Gasteiger partial charge is 0.378 e. The van der Waals surface area contributed by atoms with Crippen molar-refractivity contribution in [3.05, 3.63) is 0 Å². The number of rotatable bonds is 7. The molecule has 3 unspecified atom stereocenters. The topological polar surface area (TPSA) is 26.3 Å². The van der Waals surface area contributed by atoms with Crippen molar-refractivity contribution in [3.8, 4) is 0 Å². The maximum Gasteiger partial charge on any atom is 0.133 e. The van der Waals surface area contributed by atoms with Gasteiger partial charge in [-0.3, -0.25) is 4.79 Å². The van der Waals surface area contributed by atoms with E-state index in [0.29, 0.717) is 17.8 Å². The van der Waals surface area contributed by atoms with Crippen LogP contribution in [0.25, 0.3) is 0 Å². The molecule has 0 aromatic carbocycles. The third-order valence-electron chi connectivity index (χ3n) is 4.98. The van der Waals surface area contributed by atoms with Crippen LogP contribution in [0, 0.1) is 11.8 Å². The molecule has 110 valence electrons. The van der Waals surface area contributed by atoms with Crippen LogP contribution in [0.3, 0.4) is 0 Å². The van der Waals surface area contributed by atoms with Gasteiger partial charge < -0.3 is 4.74 Å². The van der Waals surface area contributed by atoms with Crippen molar-refractivity contribution in [1.29, 1.82) is 0 Å². The number of ether oxygens (including phenoxy) is 1. The molecule has 0 aromatic rings. The average Bonchev–Trinajstić information content (AvgIpc) is 2.43. The standard InChI is InChI=1S/C17H30O2/c1-2-3-4-5-6-11-19-17-10-8-14-12-16(18)9-7-15(14)13-17/h14-15,17H,2-13H2,1H3. The van der Waals surface area contributed by atoms with Crippen molar-refractivity contribution in [2.24, 2.45) is 11.8 Å². The molecule has 2 fully saturated rings. The van der Waals surface area contributed by atoms with E-state index >= 15 is 0 Å². The molecule has 0 spiro atoms. The maximum absolute atomic E-state index is 11.5. The summed E-state index contributed by atoms with van der Waals surface area (Å²) >= 11 is 0. The lowest BCUT2D eigenvalue weighted by molar-refractivity contribution is -0.124. The minimum atomic E-state index is 0.487. The van der Waals surface area contributed by atoms with Crippen molar-refractivity contribution in [3.63, 3.8) is 0 Å². The van der Waals surface area contributed by atoms with Crippen LogP contribution >= 0.6 is 0 Å². The molecular formula is C17H30O2. The zero-order chi connectivity index (χ0) is 13.5. The number of unbranched alkanes of at least 4 members (excludes halogenated alkanes) is 4. The minimum Gasteiger partial charge on any atom is -0.378 e. The van der Waals surface area contributed by atoms with Crippen molar-refractivity contribution in [2.45, 2.75) is 83.7 Å². The summed E-state index contributed by atoms with van der Waals surface area (Å²) in [5.41, 5.74) is 0. The highest BCUT2D eigenvalue weighted by atomic mass is 16.5. The summed E-state index contributed by atoms with van der Waals surface area (Å²) < 4.78 is 6.05. The predicted octanol–water partition coefficient (Wildman–Crippen LogP) is 4.51. The third kappa shape index (κ3) is 4.91. The van der Waals surface area contributed by atoms with E-state index in [4.69, 9.17) is 4.74 Å². The van der Waals surface area contributed by atoms with Gasteiger partial charge in [-0.25, -0.2) is 0 Å². The number of fused-ring (bicyclic) bond motifs is 1. The number of carbonyl (C=O) groups is 1. The third-order valence-corrected chi connectivity index (χ3v) is 4.98. The Hall–Kier alpha value is -0.370. The van der Waals surface area contributed by atoms with Gasteiger partial charge in [0.2, 0.25) is 0 Å². The van der Waals surface area contributed by atoms with E-state index < -0.39 is 0 Å². The van der Waals surface area contributed by atoms with Gasteiger partial charge in [0.05, 0.1) is 6.10 Å². The number of hydrogen-bond donors (Lipinski definition) is 0. The summed E-state index contributed by atoms with van der Waals surface area (Å²) in [6.07, 6.45) is 13.5. The van der Waals surface area contributed by atoms with Gasteiger partial charge in [0.25, 0.3) is 0 Å². The molecule has 0 aliphatic heterocycles. The fraction of sp³-hybridized carbons (Fsp3) is 0.941. The van der Waals surface area contributed by atoms with Crippen LogP contribution in [0.5, 0.6) is 0 Å².